The van der Waals surface area contributed by atoms with Gasteiger partial charge in [0.2, 0.25) is 0 Å². The van der Waals surface area contributed by atoms with E-state index in [-0.39, 0.29) is 11.3 Å². The molecule has 6 heteroatoms. The number of pyridine rings is 1. The van der Waals surface area contributed by atoms with E-state index < -0.39 is 17.7 Å². The monoisotopic (exact) mass is 470 g/mol. The van der Waals surface area contributed by atoms with Gasteiger partial charge in [-0.3, -0.25) is 19.5 Å². The maximum absolute atomic E-state index is 13.3. The SMILES string of the molecule is CCCCCOc1ccc(/C(O)=C2\C(=O)C(=O)N(c3cc(C)cc(C)c3)C2c2cccnc2)cc1. The van der Waals surface area contributed by atoms with E-state index in [0.717, 1.165) is 30.4 Å². The molecular weight excluding hydrogens is 440 g/mol. The zero-order valence-electron chi connectivity index (χ0n) is 20.3. The summed E-state index contributed by atoms with van der Waals surface area (Å²) in [5.41, 5.74) is 3.68. The van der Waals surface area contributed by atoms with E-state index in [0.29, 0.717) is 29.2 Å². The van der Waals surface area contributed by atoms with Crippen molar-refractivity contribution in [2.75, 3.05) is 11.5 Å². The van der Waals surface area contributed by atoms with E-state index in [4.69, 9.17) is 4.74 Å². The summed E-state index contributed by atoms with van der Waals surface area (Å²) in [6, 6.07) is 15.4. The number of Topliss-reactive ketones (excluding diaryl/α,β-unsaturated/α-hetero) is 1. The van der Waals surface area contributed by atoms with Gasteiger partial charge in [-0.1, -0.05) is 31.9 Å². The molecule has 1 aliphatic heterocycles. The summed E-state index contributed by atoms with van der Waals surface area (Å²) in [5, 5.41) is 11.3. The van der Waals surface area contributed by atoms with E-state index in [1.807, 2.05) is 32.0 Å². The van der Waals surface area contributed by atoms with Gasteiger partial charge in [0, 0.05) is 23.6 Å². The number of carbonyl (C=O) groups excluding carboxylic acids is 2. The minimum Gasteiger partial charge on any atom is -0.507 e. The number of rotatable bonds is 8. The van der Waals surface area contributed by atoms with Crippen molar-refractivity contribution in [3.8, 4) is 5.75 Å². The largest absolute Gasteiger partial charge is 0.507 e. The Morgan fingerprint density at radius 2 is 1.74 bits per heavy atom. The smallest absolute Gasteiger partial charge is 0.300 e. The average Bonchev–Trinajstić information content (AvgIpc) is 3.12. The van der Waals surface area contributed by atoms with Gasteiger partial charge in [0.1, 0.15) is 11.5 Å². The molecule has 2 aromatic carbocycles. The number of aliphatic hydroxyl groups is 1. The molecule has 1 aliphatic rings. The Labute approximate surface area is 205 Å². The number of aryl methyl sites for hydroxylation is 2. The van der Waals surface area contributed by atoms with Crippen LogP contribution in [0.1, 0.15) is 54.5 Å². The first-order valence-corrected chi connectivity index (χ1v) is 11.9. The third-order valence-electron chi connectivity index (χ3n) is 6.07. The maximum atomic E-state index is 13.3. The number of unbranched alkanes of at least 4 members (excludes halogenated alkanes) is 2. The minimum atomic E-state index is -0.796. The Bertz CT molecular complexity index is 1230. The summed E-state index contributed by atoms with van der Waals surface area (Å²) in [6.45, 7) is 6.65. The second-order valence-corrected chi connectivity index (χ2v) is 8.88. The third kappa shape index (κ3) is 5.11. The molecule has 35 heavy (non-hydrogen) atoms. The molecule has 2 heterocycles. The second kappa shape index (κ2) is 10.6. The summed E-state index contributed by atoms with van der Waals surface area (Å²) in [6.07, 6.45) is 6.45. The number of anilines is 1. The first-order valence-electron chi connectivity index (χ1n) is 11.9. The number of nitrogens with zero attached hydrogens (tertiary/aromatic N) is 2. The lowest BCUT2D eigenvalue weighted by molar-refractivity contribution is -0.132. The van der Waals surface area contributed by atoms with Crippen molar-refractivity contribution in [1.82, 2.24) is 4.98 Å². The fourth-order valence-electron chi connectivity index (χ4n) is 4.45. The van der Waals surface area contributed by atoms with Gasteiger partial charge in [-0.15, -0.1) is 0 Å². The highest BCUT2D eigenvalue weighted by molar-refractivity contribution is 6.51. The van der Waals surface area contributed by atoms with Crippen LogP contribution in [0.4, 0.5) is 5.69 Å². The number of aromatic nitrogens is 1. The fraction of sp³-hybridized carbons (Fsp3) is 0.276. The van der Waals surface area contributed by atoms with E-state index in [1.165, 1.54) is 4.90 Å². The van der Waals surface area contributed by atoms with E-state index >= 15 is 0 Å². The molecule has 1 saturated heterocycles. The number of aliphatic hydroxyl groups excluding tert-OH is 1. The number of hydrogen-bond acceptors (Lipinski definition) is 5. The molecule has 1 N–H and O–H groups in total. The quantitative estimate of drug-likeness (QED) is 0.192. The lowest BCUT2D eigenvalue weighted by atomic mass is 9.96. The zero-order valence-corrected chi connectivity index (χ0v) is 20.3. The van der Waals surface area contributed by atoms with Crippen LogP contribution in [0, 0.1) is 13.8 Å². The fourth-order valence-corrected chi connectivity index (χ4v) is 4.45. The molecule has 180 valence electrons. The predicted octanol–water partition coefficient (Wildman–Crippen LogP) is 5.89. The molecule has 6 nitrogen and oxygen atoms in total. The lowest BCUT2D eigenvalue weighted by Gasteiger charge is -2.25. The first kappa shape index (κ1) is 24.2. The van der Waals surface area contributed by atoms with Crippen LogP contribution in [-0.4, -0.2) is 28.4 Å². The standard InChI is InChI=1S/C29H30N2O4/c1-4-5-6-14-35-24-11-9-21(10-12-24)27(32)25-26(22-8-7-13-30-18-22)31(29(34)28(25)33)23-16-19(2)15-20(3)17-23/h7-13,15-18,26,32H,4-6,14H2,1-3H3/b27-25+. The molecule has 0 spiro atoms. The molecule has 3 aromatic rings. The first-order chi connectivity index (χ1) is 16.9. The van der Waals surface area contributed by atoms with Gasteiger partial charge < -0.3 is 9.84 Å². The Kier molecular flexibility index (Phi) is 7.30. The highest BCUT2D eigenvalue weighted by Gasteiger charge is 2.47. The molecule has 1 atom stereocenters. The number of amides is 1. The molecular formula is C29H30N2O4. The lowest BCUT2D eigenvalue weighted by Crippen LogP contribution is -2.29. The van der Waals surface area contributed by atoms with Gasteiger partial charge in [0.05, 0.1) is 18.2 Å². The van der Waals surface area contributed by atoms with Crippen LogP contribution >= 0.6 is 0 Å². The van der Waals surface area contributed by atoms with Crippen LogP contribution in [0.25, 0.3) is 5.76 Å². The van der Waals surface area contributed by atoms with E-state index in [9.17, 15) is 14.7 Å². The molecule has 4 rings (SSSR count). The van der Waals surface area contributed by atoms with Gasteiger partial charge in [-0.2, -0.15) is 0 Å². The van der Waals surface area contributed by atoms with Gasteiger partial charge in [0.25, 0.3) is 11.7 Å². The summed E-state index contributed by atoms with van der Waals surface area (Å²) in [5.74, 6) is -0.935. The Morgan fingerprint density at radius 3 is 2.37 bits per heavy atom. The minimum absolute atomic E-state index is 0.0405. The topological polar surface area (TPSA) is 79.7 Å². The van der Waals surface area contributed by atoms with Crippen molar-refractivity contribution in [2.45, 2.75) is 46.1 Å². The van der Waals surface area contributed by atoms with Gasteiger partial charge in [0.15, 0.2) is 0 Å². The van der Waals surface area contributed by atoms with Gasteiger partial charge in [-0.25, -0.2) is 0 Å². The average molecular weight is 471 g/mol. The number of carbonyl (C=O) groups is 2. The third-order valence-corrected chi connectivity index (χ3v) is 6.07. The Balaban J connectivity index is 1.76. The summed E-state index contributed by atoms with van der Waals surface area (Å²) >= 11 is 0. The van der Waals surface area contributed by atoms with Gasteiger partial charge in [-0.05, 0) is 79.4 Å². The van der Waals surface area contributed by atoms with E-state index in [2.05, 4.69) is 11.9 Å². The summed E-state index contributed by atoms with van der Waals surface area (Å²) in [4.78, 5) is 32.2. The van der Waals surface area contributed by atoms with Crippen molar-refractivity contribution < 1.29 is 19.4 Å². The molecule has 0 aliphatic carbocycles. The number of ether oxygens (including phenoxy) is 1. The van der Waals surface area contributed by atoms with Gasteiger partial charge >= 0.3 is 0 Å². The van der Waals surface area contributed by atoms with Crippen molar-refractivity contribution in [3.05, 3.63) is 94.8 Å². The summed E-state index contributed by atoms with van der Waals surface area (Å²) < 4.78 is 5.76. The van der Waals surface area contributed by atoms with Crippen LogP contribution in [0.3, 0.4) is 0 Å². The van der Waals surface area contributed by atoms with Crippen molar-refractivity contribution in [1.29, 1.82) is 0 Å². The predicted molar refractivity (Wildman–Crippen MR) is 136 cm³/mol. The number of benzene rings is 2. The Morgan fingerprint density at radius 1 is 1.03 bits per heavy atom. The zero-order chi connectivity index (χ0) is 24.9. The molecule has 1 fully saturated rings. The molecule has 1 aromatic heterocycles. The molecule has 0 bridgehead atoms. The summed E-state index contributed by atoms with van der Waals surface area (Å²) in [7, 11) is 0. The van der Waals surface area contributed by atoms with E-state index in [1.54, 1.807) is 48.8 Å². The molecule has 1 amide bonds. The van der Waals surface area contributed by atoms with Crippen LogP contribution < -0.4 is 9.64 Å². The van der Waals surface area contributed by atoms with Crippen LogP contribution in [0.2, 0.25) is 0 Å². The van der Waals surface area contributed by atoms with Crippen molar-refractivity contribution in [2.24, 2.45) is 0 Å². The molecule has 0 saturated carbocycles. The normalized spacial score (nSPS) is 17.1. The number of hydrogen-bond donors (Lipinski definition) is 1. The molecule has 1 unspecified atom stereocenters. The van der Waals surface area contributed by atoms with Crippen LogP contribution in [0.5, 0.6) is 5.75 Å². The van der Waals surface area contributed by atoms with Crippen LogP contribution in [-0.2, 0) is 9.59 Å². The highest BCUT2D eigenvalue weighted by atomic mass is 16.5. The van der Waals surface area contributed by atoms with Crippen molar-refractivity contribution in [3.63, 3.8) is 0 Å². The second-order valence-electron chi connectivity index (χ2n) is 8.88. The maximum Gasteiger partial charge on any atom is 0.300 e. The number of ketones is 1. The molecule has 0 radical (unpaired) electrons. The van der Waals surface area contributed by atoms with Crippen LogP contribution in [0.15, 0.2) is 72.6 Å². The van der Waals surface area contributed by atoms with Crippen molar-refractivity contribution >= 4 is 23.1 Å². The highest BCUT2D eigenvalue weighted by Crippen LogP contribution is 2.42. The Hall–Kier alpha value is -3.93.